The first-order valence-corrected chi connectivity index (χ1v) is 5.25. The van der Waals surface area contributed by atoms with Gasteiger partial charge in [0.2, 0.25) is 0 Å². The van der Waals surface area contributed by atoms with Crippen LogP contribution < -0.4 is 5.32 Å². The topological polar surface area (TPSA) is 77.0 Å². The molecule has 3 aromatic rings. The van der Waals surface area contributed by atoms with Crippen molar-refractivity contribution < 1.29 is 8.83 Å². The van der Waals surface area contributed by atoms with E-state index in [1.807, 2.05) is 0 Å². The van der Waals surface area contributed by atoms with E-state index in [1.54, 1.807) is 18.2 Å². The van der Waals surface area contributed by atoms with Gasteiger partial charge in [-0.1, -0.05) is 21.8 Å². The van der Waals surface area contributed by atoms with E-state index in [1.165, 1.54) is 0 Å². The summed E-state index contributed by atoms with van der Waals surface area (Å²) in [5.74, 6) is 2.30. The van der Waals surface area contributed by atoms with Gasteiger partial charge < -0.3 is 8.83 Å². The van der Waals surface area contributed by atoms with Gasteiger partial charge in [0.25, 0.3) is 5.89 Å². The first-order valence-electron chi connectivity index (χ1n) is 4.88. The predicted molar refractivity (Wildman–Crippen MR) is 64.5 cm³/mol. The van der Waals surface area contributed by atoms with Crippen molar-refractivity contribution in [2.45, 2.75) is 0 Å². The number of oxazole rings is 1. The molecular formula is C11H5ClN4O2. The summed E-state index contributed by atoms with van der Waals surface area (Å²) in [5.41, 5.74) is 1.22. The fourth-order valence-electron chi connectivity index (χ4n) is 1.38. The van der Waals surface area contributed by atoms with Gasteiger partial charge in [-0.25, -0.2) is 0 Å². The number of aromatic nitrogens is 3. The van der Waals surface area contributed by atoms with E-state index in [0.717, 1.165) is 0 Å². The number of nitrogens with one attached hydrogen (secondary N) is 1. The Morgan fingerprint density at radius 2 is 2.11 bits per heavy atom. The monoisotopic (exact) mass is 260 g/mol. The summed E-state index contributed by atoms with van der Waals surface area (Å²) in [6, 6.07) is 5.46. The Labute approximate surface area is 106 Å². The van der Waals surface area contributed by atoms with Crippen LogP contribution in [0.3, 0.4) is 0 Å². The van der Waals surface area contributed by atoms with Crippen molar-refractivity contribution in [1.82, 2.24) is 15.2 Å². The van der Waals surface area contributed by atoms with E-state index >= 15 is 0 Å². The molecule has 0 saturated carbocycles. The van der Waals surface area contributed by atoms with Crippen LogP contribution in [0.5, 0.6) is 0 Å². The molecule has 0 atom stereocenters. The largest absolute Gasteiger partial charge is 0.423 e. The van der Waals surface area contributed by atoms with Gasteiger partial charge in [0.15, 0.2) is 5.58 Å². The molecule has 0 unspecified atom stereocenters. The van der Waals surface area contributed by atoms with Gasteiger partial charge in [0.1, 0.15) is 5.52 Å². The number of anilines is 2. The van der Waals surface area contributed by atoms with E-state index in [-0.39, 0.29) is 17.9 Å². The van der Waals surface area contributed by atoms with Crippen LogP contribution in [0.2, 0.25) is 5.02 Å². The maximum Gasteiger partial charge on any atom is 0.324 e. The van der Waals surface area contributed by atoms with Gasteiger partial charge in [-0.15, -0.1) is 6.42 Å². The van der Waals surface area contributed by atoms with Gasteiger partial charge >= 0.3 is 12.0 Å². The normalized spacial score (nSPS) is 10.4. The van der Waals surface area contributed by atoms with Gasteiger partial charge in [-0.2, -0.15) is 4.98 Å². The first-order chi connectivity index (χ1) is 8.74. The summed E-state index contributed by atoms with van der Waals surface area (Å²) in [4.78, 5) is 4.17. The van der Waals surface area contributed by atoms with Crippen LogP contribution in [-0.4, -0.2) is 15.2 Å². The maximum absolute atomic E-state index is 5.84. The lowest BCUT2D eigenvalue weighted by molar-refractivity contribution is 0.548. The average molecular weight is 261 g/mol. The maximum atomic E-state index is 5.84. The smallest absolute Gasteiger partial charge is 0.324 e. The van der Waals surface area contributed by atoms with Crippen LogP contribution in [0.25, 0.3) is 11.1 Å². The second-order valence-electron chi connectivity index (χ2n) is 3.31. The Morgan fingerprint density at radius 3 is 2.89 bits per heavy atom. The van der Waals surface area contributed by atoms with Gasteiger partial charge in [-0.3, -0.25) is 5.32 Å². The van der Waals surface area contributed by atoms with E-state index in [2.05, 4.69) is 26.4 Å². The average Bonchev–Trinajstić information content (AvgIpc) is 2.95. The summed E-state index contributed by atoms with van der Waals surface area (Å²) in [5, 5.41) is 10.5. The Hall–Kier alpha value is -2.52. The lowest BCUT2D eigenvalue weighted by Crippen LogP contribution is -1.89. The number of nitrogens with zero attached hydrogens (tertiary/aromatic N) is 3. The van der Waals surface area contributed by atoms with Gasteiger partial charge in [-0.05, 0) is 18.1 Å². The van der Waals surface area contributed by atoms with Crippen molar-refractivity contribution in [2.75, 3.05) is 5.32 Å². The van der Waals surface area contributed by atoms with Crippen LogP contribution >= 0.6 is 11.6 Å². The fourth-order valence-corrected chi connectivity index (χ4v) is 1.54. The summed E-state index contributed by atoms with van der Waals surface area (Å²) < 4.78 is 10.5. The highest BCUT2D eigenvalue weighted by atomic mass is 35.5. The SMILES string of the molecule is C#Cc1nnc(Nc2nc3ccc(Cl)cc3o2)o1. The molecule has 0 spiro atoms. The van der Waals surface area contributed by atoms with Crippen LogP contribution in [-0.2, 0) is 0 Å². The Morgan fingerprint density at radius 1 is 1.22 bits per heavy atom. The third kappa shape index (κ3) is 1.87. The first kappa shape index (κ1) is 10.6. The zero-order valence-electron chi connectivity index (χ0n) is 8.85. The number of terminal acetylenes is 1. The molecule has 0 aliphatic rings. The fraction of sp³-hybridized carbons (Fsp3) is 0. The molecule has 0 amide bonds. The molecule has 88 valence electrons. The molecule has 0 fully saturated rings. The molecule has 0 saturated heterocycles. The summed E-state index contributed by atoms with van der Waals surface area (Å²) in [6.45, 7) is 0. The van der Waals surface area contributed by atoms with Crippen molar-refractivity contribution in [3.05, 3.63) is 29.1 Å². The van der Waals surface area contributed by atoms with E-state index in [9.17, 15) is 0 Å². The highest BCUT2D eigenvalue weighted by molar-refractivity contribution is 6.31. The molecule has 2 aromatic heterocycles. The highest BCUT2D eigenvalue weighted by Gasteiger charge is 2.10. The molecular weight excluding hydrogens is 256 g/mol. The molecule has 3 rings (SSSR count). The third-order valence-electron chi connectivity index (χ3n) is 2.11. The quantitative estimate of drug-likeness (QED) is 0.714. The number of benzene rings is 1. The number of hydrogen-bond acceptors (Lipinski definition) is 6. The van der Waals surface area contributed by atoms with E-state index in [0.29, 0.717) is 16.1 Å². The molecule has 1 aromatic carbocycles. The van der Waals surface area contributed by atoms with Crippen LogP contribution in [0.4, 0.5) is 12.0 Å². The van der Waals surface area contributed by atoms with Gasteiger partial charge in [0, 0.05) is 11.1 Å². The zero-order valence-corrected chi connectivity index (χ0v) is 9.60. The lowest BCUT2D eigenvalue weighted by Gasteiger charge is -1.90. The van der Waals surface area contributed by atoms with E-state index < -0.39 is 0 Å². The second kappa shape index (κ2) is 4.05. The van der Waals surface area contributed by atoms with Crippen LogP contribution in [0.15, 0.2) is 27.0 Å². The lowest BCUT2D eigenvalue weighted by atomic mass is 10.3. The minimum absolute atomic E-state index is 0.0802. The number of rotatable bonds is 2. The number of fused-ring (bicyclic) bond motifs is 1. The minimum Gasteiger partial charge on any atom is -0.423 e. The molecule has 6 nitrogen and oxygen atoms in total. The molecule has 0 radical (unpaired) electrons. The van der Waals surface area contributed by atoms with Crippen LogP contribution in [0.1, 0.15) is 5.89 Å². The molecule has 0 bridgehead atoms. The molecule has 2 heterocycles. The molecule has 18 heavy (non-hydrogen) atoms. The van der Waals surface area contributed by atoms with Crippen molar-refractivity contribution in [3.63, 3.8) is 0 Å². The molecule has 7 heteroatoms. The summed E-state index contributed by atoms with van der Waals surface area (Å²) >= 11 is 5.84. The van der Waals surface area contributed by atoms with Crippen molar-refractivity contribution in [1.29, 1.82) is 0 Å². The summed E-state index contributed by atoms with van der Waals surface area (Å²) in [6.07, 6.45) is 5.11. The Kier molecular flexibility index (Phi) is 2.39. The Bertz CT molecular complexity index is 756. The van der Waals surface area contributed by atoms with E-state index in [4.69, 9.17) is 26.9 Å². The zero-order chi connectivity index (χ0) is 12.5. The standard InChI is InChI=1S/C11H5ClN4O2/c1-2-9-15-16-11(18-9)14-10-13-7-4-3-6(12)5-8(7)17-10/h1,3-5H,(H,13,14,16). The van der Waals surface area contributed by atoms with Crippen molar-refractivity contribution in [3.8, 4) is 12.3 Å². The number of halogens is 1. The van der Waals surface area contributed by atoms with Gasteiger partial charge in [0.05, 0.1) is 0 Å². The summed E-state index contributed by atoms with van der Waals surface area (Å²) in [7, 11) is 0. The molecule has 0 aliphatic carbocycles. The van der Waals surface area contributed by atoms with Crippen molar-refractivity contribution >= 4 is 34.7 Å². The van der Waals surface area contributed by atoms with Crippen LogP contribution in [0, 0.1) is 12.3 Å². The minimum atomic E-state index is 0.0802. The Balaban J connectivity index is 1.93. The highest BCUT2D eigenvalue weighted by Crippen LogP contribution is 2.24. The second-order valence-corrected chi connectivity index (χ2v) is 3.75. The predicted octanol–water partition coefficient (Wildman–Crippen LogP) is 2.59. The number of hydrogen-bond donors (Lipinski definition) is 1. The molecule has 1 N–H and O–H groups in total. The molecule has 0 aliphatic heterocycles. The third-order valence-corrected chi connectivity index (χ3v) is 2.35. The van der Waals surface area contributed by atoms with Crippen molar-refractivity contribution in [2.24, 2.45) is 0 Å².